The molecule has 2 aliphatic heterocycles. The predicted octanol–water partition coefficient (Wildman–Crippen LogP) is 4.60. The number of aliphatic hydroxyl groups excluding tert-OH is 1. The van der Waals surface area contributed by atoms with E-state index >= 15 is 0 Å². The zero-order valence-electron chi connectivity index (χ0n) is 28.3. The summed E-state index contributed by atoms with van der Waals surface area (Å²) in [6, 6.07) is 0. The lowest BCUT2D eigenvalue weighted by molar-refractivity contribution is -0.908. The van der Waals surface area contributed by atoms with Crippen LogP contribution in [-0.4, -0.2) is 108 Å². The Balaban J connectivity index is 1.36. The summed E-state index contributed by atoms with van der Waals surface area (Å²) in [4.78, 5) is 30.2. The molecule has 2 heterocycles. The molecule has 9 atom stereocenters. The van der Waals surface area contributed by atoms with E-state index in [0.29, 0.717) is 23.7 Å². The van der Waals surface area contributed by atoms with Crippen LogP contribution in [0, 0.1) is 34.5 Å². The highest BCUT2D eigenvalue weighted by atomic mass is 16.5. The first-order chi connectivity index (χ1) is 20.8. The number of carbonyl (C=O) groups is 2. The molecule has 0 amide bonds. The van der Waals surface area contributed by atoms with Crippen LogP contribution in [0.5, 0.6) is 0 Å². The molecular formula is C36H60N3O5+. The lowest BCUT2D eigenvalue weighted by Crippen LogP contribution is -2.77. The van der Waals surface area contributed by atoms with Gasteiger partial charge in [0.1, 0.15) is 17.9 Å². The fourth-order valence-electron chi connectivity index (χ4n) is 11.9. The van der Waals surface area contributed by atoms with Crippen molar-refractivity contribution in [1.82, 2.24) is 9.80 Å². The molecule has 0 radical (unpaired) electrons. The van der Waals surface area contributed by atoms with Crippen LogP contribution in [0.3, 0.4) is 0 Å². The predicted molar refractivity (Wildman–Crippen MR) is 170 cm³/mol. The van der Waals surface area contributed by atoms with Crippen molar-refractivity contribution in [3.05, 3.63) is 12.7 Å². The van der Waals surface area contributed by atoms with Crippen molar-refractivity contribution in [1.29, 1.82) is 0 Å². The van der Waals surface area contributed by atoms with Gasteiger partial charge in [-0.2, -0.15) is 0 Å². The molecule has 8 heteroatoms. The van der Waals surface area contributed by atoms with Crippen molar-refractivity contribution in [3.8, 4) is 0 Å². The molecule has 2 saturated heterocycles. The molecule has 4 aliphatic carbocycles. The number of hydrogen-bond donors (Lipinski definition) is 1. The van der Waals surface area contributed by atoms with Gasteiger partial charge in [0.25, 0.3) is 0 Å². The molecule has 6 fully saturated rings. The van der Waals surface area contributed by atoms with E-state index in [1.54, 1.807) is 13.8 Å². The highest BCUT2D eigenvalue weighted by Crippen LogP contribution is 2.68. The van der Waals surface area contributed by atoms with Gasteiger partial charge in [-0.05, 0) is 99.4 Å². The van der Waals surface area contributed by atoms with Gasteiger partial charge in [-0.25, -0.2) is 0 Å². The molecule has 4 saturated carbocycles. The molecule has 0 aromatic carbocycles. The number of carbonyl (C=O) groups excluding carboxylic acids is 2. The number of likely N-dealkylation sites (tertiary alicyclic amines) is 1. The summed E-state index contributed by atoms with van der Waals surface area (Å²) in [6.45, 7) is 18.9. The van der Waals surface area contributed by atoms with Crippen LogP contribution in [0.15, 0.2) is 12.7 Å². The Morgan fingerprint density at radius 2 is 1.48 bits per heavy atom. The number of piperidine rings is 1. The number of aliphatic hydroxyl groups is 1. The number of ether oxygens (including phenoxy) is 2. The number of esters is 2. The molecule has 248 valence electrons. The second-order valence-corrected chi connectivity index (χ2v) is 16.5. The SMILES string of the molecule is C=CC[N+]1(C)CCN(C2(N3CCC(O)CC3)C[C@@]3(C)C(CC[C@@H]4[C@H]3CC[C@]3(C)C(OC(C)=O)CC[C@@H]43)CC2OC(C)=O)CC1. The standard InChI is InChI=1S/C36H60N3O5/c1-7-20-39(6)21-18-38(19-22-39)36(37-16-13-28(42)14-17-37)24-35(5)27(23-33(36)44-26(3)41)8-9-29-30-10-11-32(43-25(2)40)34(30,4)15-12-31(29)35/h7,27-33,42H,1,8-24H2,2-6H3/q+1/t27?,29-,30-,31+,32?,33?,34-,35-,36?/m0/s1. The smallest absolute Gasteiger partial charge is 0.303 e. The Morgan fingerprint density at radius 1 is 0.864 bits per heavy atom. The number of nitrogens with zero attached hydrogens (tertiary/aromatic N) is 3. The minimum absolute atomic E-state index is 0.0476. The second-order valence-electron chi connectivity index (χ2n) is 16.5. The van der Waals surface area contributed by atoms with Gasteiger partial charge in [-0.1, -0.05) is 20.4 Å². The van der Waals surface area contributed by atoms with Crippen molar-refractivity contribution < 1.29 is 28.7 Å². The number of hydrogen-bond acceptors (Lipinski definition) is 7. The summed E-state index contributed by atoms with van der Waals surface area (Å²) in [5, 5.41) is 10.6. The van der Waals surface area contributed by atoms with Crippen LogP contribution in [0.2, 0.25) is 0 Å². The largest absolute Gasteiger partial charge is 0.462 e. The van der Waals surface area contributed by atoms with E-state index in [1.165, 1.54) is 19.3 Å². The van der Waals surface area contributed by atoms with Crippen molar-refractivity contribution in [3.63, 3.8) is 0 Å². The summed E-state index contributed by atoms with van der Waals surface area (Å²) >= 11 is 0. The van der Waals surface area contributed by atoms with E-state index in [-0.39, 0.29) is 46.7 Å². The third-order valence-electron chi connectivity index (χ3n) is 14.2. The Morgan fingerprint density at radius 3 is 2.11 bits per heavy atom. The van der Waals surface area contributed by atoms with Gasteiger partial charge in [0, 0.05) is 45.4 Å². The molecule has 0 spiro atoms. The fourth-order valence-corrected chi connectivity index (χ4v) is 11.9. The average molecular weight is 615 g/mol. The van der Waals surface area contributed by atoms with Crippen molar-refractivity contribution in [2.45, 2.75) is 116 Å². The number of quaternary nitrogens is 1. The Kier molecular flexibility index (Phi) is 8.82. The summed E-state index contributed by atoms with van der Waals surface area (Å²) in [5.74, 6) is 2.08. The van der Waals surface area contributed by atoms with Crippen molar-refractivity contribution in [2.24, 2.45) is 34.5 Å². The normalized spacial score (nSPS) is 44.6. The van der Waals surface area contributed by atoms with Gasteiger partial charge in [-0.3, -0.25) is 19.4 Å². The van der Waals surface area contributed by atoms with E-state index in [4.69, 9.17) is 9.47 Å². The fraction of sp³-hybridized carbons (Fsp3) is 0.889. The van der Waals surface area contributed by atoms with Gasteiger partial charge >= 0.3 is 11.9 Å². The third-order valence-corrected chi connectivity index (χ3v) is 14.2. The van der Waals surface area contributed by atoms with E-state index in [9.17, 15) is 14.7 Å². The van der Waals surface area contributed by atoms with E-state index in [0.717, 1.165) is 95.2 Å². The monoisotopic (exact) mass is 614 g/mol. The highest BCUT2D eigenvalue weighted by molar-refractivity contribution is 5.66. The zero-order chi connectivity index (χ0) is 31.5. The van der Waals surface area contributed by atoms with Crippen LogP contribution in [0.4, 0.5) is 0 Å². The van der Waals surface area contributed by atoms with Crippen LogP contribution in [-0.2, 0) is 19.1 Å². The number of fused-ring (bicyclic) bond motifs is 5. The molecule has 0 aromatic heterocycles. The number of likely N-dealkylation sites (N-methyl/N-ethyl adjacent to an activating group) is 1. The summed E-state index contributed by atoms with van der Waals surface area (Å²) < 4.78 is 13.4. The second kappa shape index (κ2) is 12.0. The maximum atomic E-state index is 12.8. The number of piperazine rings is 1. The minimum Gasteiger partial charge on any atom is -0.462 e. The summed E-state index contributed by atoms with van der Waals surface area (Å²) in [7, 11) is 2.35. The quantitative estimate of drug-likeness (QED) is 0.266. The number of rotatable bonds is 6. The minimum atomic E-state index is -0.366. The molecule has 0 aromatic rings. The highest BCUT2D eigenvalue weighted by Gasteiger charge is 2.67. The average Bonchev–Trinajstić information content (AvgIpc) is 3.29. The molecular weight excluding hydrogens is 554 g/mol. The first-order valence-corrected chi connectivity index (χ1v) is 17.8. The van der Waals surface area contributed by atoms with Gasteiger partial charge in [0.05, 0.1) is 32.8 Å². The molecule has 4 unspecified atom stereocenters. The van der Waals surface area contributed by atoms with Gasteiger partial charge in [0.15, 0.2) is 0 Å². The van der Waals surface area contributed by atoms with Gasteiger partial charge in [-0.15, -0.1) is 0 Å². The zero-order valence-corrected chi connectivity index (χ0v) is 28.3. The Bertz CT molecular complexity index is 1100. The van der Waals surface area contributed by atoms with E-state index < -0.39 is 0 Å². The maximum Gasteiger partial charge on any atom is 0.303 e. The van der Waals surface area contributed by atoms with Gasteiger partial charge in [0.2, 0.25) is 0 Å². The topological polar surface area (TPSA) is 79.3 Å². The Hall–Kier alpha value is -1.48. The molecule has 6 rings (SSSR count). The van der Waals surface area contributed by atoms with Crippen LogP contribution >= 0.6 is 0 Å². The molecule has 44 heavy (non-hydrogen) atoms. The lowest BCUT2D eigenvalue weighted by atomic mass is 9.43. The maximum absolute atomic E-state index is 12.8. The van der Waals surface area contributed by atoms with E-state index in [2.05, 4.69) is 43.3 Å². The molecule has 6 aliphatic rings. The van der Waals surface area contributed by atoms with Crippen LogP contribution in [0.25, 0.3) is 0 Å². The Labute approximate surface area is 266 Å². The summed E-state index contributed by atoms with van der Waals surface area (Å²) in [6.07, 6.45) is 12.0. The summed E-state index contributed by atoms with van der Waals surface area (Å²) in [5.41, 5.74) is -0.159. The van der Waals surface area contributed by atoms with E-state index in [1.807, 2.05) is 0 Å². The van der Waals surface area contributed by atoms with Crippen LogP contribution in [0.1, 0.15) is 91.9 Å². The van der Waals surface area contributed by atoms with Crippen molar-refractivity contribution >= 4 is 11.9 Å². The first-order valence-electron chi connectivity index (χ1n) is 17.8. The molecule has 1 N–H and O–H groups in total. The van der Waals surface area contributed by atoms with Crippen molar-refractivity contribution in [2.75, 3.05) is 52.9 Å². The third kappa shape index (κ3) is 5.37. The van der Waals surface area contributed by atoms with Crippen LogP contribution < -0.4 is 0 Å². The first kappa shape index (κ1) is 32.5. The van der Waals surface area contributed by atoms with Gasteiger partial charge < -0.3 is 19.1 Å². The lowest BCUT2D eigenvalue weighted by Gasteiger charge is -2.68. The molecule has 8 nitrogen and oxygen atoms in total. The molecule has 0 bridgehead atoms.